The fraction of sp³-hybridized carbons (Fsp3) is 0.564. The minimum absolute atomic E-state index is 0.0472. The van der Waals surface area contributed by atoms with Crippen LogP contribution < -0.4 is 26.4 Å². The first-order chi connectivity index (χ1) is 25.9. The Morgan fingerprint density at radius 2 is 1.74 bits per heavy atom. The van der Waals surface area contributed by atoms with Crippen LogP contribution in [0.2, 0.25) is 0 Å². The number of aryl methyl sites for hydroxylation is 1. The van der Waals surface area contributed by atoms with Gasteiger partial charge in [0, 0.05) is 57.2 Å². The first-order valence-electron chi connectivity index (χ1n) is 19.4. The fourth-order valence-electron chi connectivity index (χ4n) is 8.96. The molecule has 15 heteroatoms. The van der Waals surface area contributed by atoms with Crippen molar-refractivity contribution in [1.29, 1.82) is 0 Å². The first-order valence-corrected chi connectivity index (χ1v) is 19.4. The first kappa shape index (κ1) is 34.9. The number of pyridine rings is 2. The molecule has 7 heterocycles. The molecule has 0 bridgehead atoms. The van der Waals surface area contributed by atoms with Gasteiger partial charge in [0.2, 0.25) is 17.8 Å². The van der Waals surface area contributed by atoms with Crippen LogP contribution in [0.1, 0.15) is 88.7 Å². The lowest BCUT2D eigenvalue weighted by Crippen LogP contribution is -2.54. The molecular formula is C39H49N11O4. The number of fused-ring (bicyclic) bond motifs is 1. The van der Waals surface area contributed by atoms with Crippen molar-refractivity contribution >= 4 is 46.0 Å². The maximum atomic E-state index is 13.0. The van der Waals surface area contributed by atoms with Gasteiger partial charge in [0.1, 0.15) is 17.0 Å². The highest BCUT2D eigenvalue weighted by Gasteiger charge is 2.48. The van der Waals surface area contributed by atoms with E-state index in [-0.39, 0.29) is 28.8 Å². The molecule has 5 fully saturated rings. The molecule has 3 aliphatic heterocycles. The smallest absolute Gasteiger partial charge is 0.263 e. The number of nitrogens with one attached hydrogen (secondary N) is 3. The summed E-state index contributed by atoms with van der Waals surface area (Å²) in [6.45, 7) is 6.27. The van der Waals surface area contributed by atoms with Gasteiger partial charge >= 0.3 is 0 Å². The Morgan fingerprint density at radius 1 is 0.963 bits per heavy atom. The summed E-state index contributed by atoms with van der Waals surface area (Å²) in [5.74, 6) is 1.05. The molecule has 2 amide bonds. The van der Waals surface area contributed by atoms with Gasteiger partial charge in [0.05, 0.1) is 35.0 Å². The third kappa shape index (κ3) is 6.83. The topological polar surface area (TPSA) is 175 Å². The molecule has 9 rings (SSSR count). The highest BCUT2D eigenvalue weighted by molar-refractivity contribution is 6.00. The largest absolute Gasteiger partial charge is 0.388 e. The van der Waals surface area contributed by atoms with E-state index in [0.717, 1.165) is 81.8 Å². The zero-order valence-electron chi connectivity index (χ0n) is 31.1. The minimum Gasteiger partial charge on any atom is -0.388 e. The molecule has 0 aromatic carbocycles. The minimum atomic E-state index is -0.717. The number of β-amino-alcohol motifs (C(OH)–C–C–N with tert-alkyl or cyclic N) is 1. The van der Waals surface area contributed by atoms with Crippen molar-refractivity contribution in [3.05, 3.63) is 58.9 Å². The molecule has 54 heavy (non-hydrogen) atoms. The molecule has 4 N–H and O–H groups in total. The van der Waals surface area contributed by atoms with Gasteiger partial charge in [-0.15, -0.1) is 0 Å². The van der Waals surface area contributed by atoms with E-state index in [1.54, 1.807) is 24.0 Å². The Hall–Kier alpha value is -4.89. The lowest BCUT2D eigenvalue weighted by molar-refractivity contribution is -0.134. The van der Waals surface area contributed by atoms with Gasteiger partial charge in [-0.05, 0) is 101 Å². The van der Waals surface area contributed by atoms with Gasteiger partial charge in [-0.25, -0.2) is 9.97 Å². The van der Waals surface area contributed by atoms with E-state index in [4.69, 9.17) is 10.1 Å². The Balaban J connectivity index is 0.754. The predicted molar refractivity (Wildman–Crippen MR) is 204 cm³/mol. The van der Waals surface area contributed by atoms with E-state index >= 15 is 0 Å². The van der Waals surface area contributed by atoms with Crippen molar-refractivity contribution in [1.82, 2.24) is 39.5 Å². The Labute approximate surface area is 313 Å². The molecule has 4 aromatic heterocycles. The number of hydrogen-bond acceptors (Lipinski definition) is 12. The quantitative estimate of drug-likeness (QED) is 0.184. The number of aromatic nitrogens is 6. The van der Waals surface area contributed by atoms with Crippen molar-refractivity contribution in [3.8, 4) is 0 Å². The Kier molecular flexibility index (Phi) is 8.49. The van der Waals surface area contributed by atoms with Crippen LogP contribution in [0.3, 0.4) is 0 Å². The molecule has 284 valence electrons. The summed E-state index contributed by atoms with van der Waals surface area (Å²) in [6.07, 6.45) is 16.1. The molecule has 3 saturated heterocycles. The summed E-state index contributed by atoms with van der Waals surface area (Å²) in [6, 6.07) is 6.09. The van der Waals surface area contributed by atoms with Gasteiger partial charge in [0.25, 0.3) is 5.56 Å². The van der Waals surface area contributed by atoms with Crippen molar-refractivity contribution in [2.45, 2.75) is 94.2 Å². The van der Waals surface area contributed by atoms with Gasteiger partial charge in [-0.2, -0.15) is 10.1 Å². The second-order valence-electron chi connectivity index (χ2n) is 16.9. The molecule has 1 unspecified atom stereocenters. The number of likely N-dealkylation sites (tertiary alicyclic amines) is 1. The third-order valence-corrected chi connectivity index (χ3v) is 12.8. The lowest BCUT2D eigenvalue weighted by atomic mass is 9.60. The number of hydrogen-bond donors (Lipinski definition) is 4. The van der Waals surface area contributed by atoms with E-state index in [9.17, 15) is 19.5 Å². The van der Waals surface area contributed by atoms with Crippen molar-refractivity contribution < 1.29 is 14.7 Å². The lowest BCUT2D eigenvalue weighted by Gasteiger charge is -2.53. The zero-order chi connectivity index (χ0) is 37.2. The van der Waals surface area contributed by atoms with E-state index in [1.807, 2.05) is 30.6 Å². The van der Waals surface area contributed by atoms with E-state index < -0.39 is 5.60 Å². The number of carbonyl (C=O) groups excluding carboxylic acids is 2. The van der Waals surface area contributed by atoms with Crippen molar-refractivity contribution in [3.63, 3.8) is 0 Å². The highest BCUT2D eigenvalue weighted by Crippen LogP contribution is 2.55. The molecule has 2 aliphatic carbocycles. The number of carbonyl (C=O) groups is 2. The van der Waals surface area contributed by atoms with E-state index in [1.165, 1.54) is 0 Å². The average Bonchev–Trinajstić information content (AvgIpc) is 3.68. The summed E-state index contributed by atoms with van der Waals surface area (Å²) in [5.41, 5.74) is 1.69. The monoisotopic (exact) mass is 735 g/mol. The van der Waals surface area contributed by atoms with Gasteiger partial charge in [-0.3, -0.25) is 24.4 Å². The van der Waals surface area contributed by atoms with Crippen molar-refractivity contribution in [2.24, 2.45) is 12.5 Å². The van der Waals surface area contributed by atoms with Crippen LogP contribution in [0.4, 0.5) is 23.3 Å². The second kappa shape index (κ2) is 13.1. The predicted octanol–water partition coefficient (Wildman–Crippen LogP) is 3.60. The number of piperidine rings is 3. The number of anilines is 4. The van der Waals surface area contributed by atoms with Gasteiger partial charge in [0.15, 0.2) is 0 Å². The average molecular weight is 736 g/mol. The molecule has 1 atom stereocenters. The number of amides is 2. The van der Waals surface area contributed by atoms with Crippen LogP contribution in [0, 0.1) is 5.41 Å². The number of aliphatic hydroxyl groups is 1. The van der Waals surface area contributed by atoms with Crippen LogP contribution in [0.15, 0.2) is 47.8 Å². The summed E-state index contributed by atoms with van der Waals surface area (Å²) < 4.78 is 3.62. The zero-order valence-corrected chi connectivity index (χ0v) is 31.1. The van der Waals surface area contributed by atoms with Crippen LogP contribution in [0.25, 0.3) is 10.9 Å². The normalized spacial score (nSPS) is 23.6. The van der Waals surface area contributed by atoms with E-state index in [2.05, 4.69) is 47.3 Å². The molecule has 5 aliphatic rings. The summed E-state index contributed by atoms with van der Waals surface area (Å²) >= 11 is 0. The third-order valence-electron chi connectivity index (χ3n) is 12.8. The molecule has 1 spiro atoms. The maximum Gasteiger partial charge on any atom is 0.263 e. The number of rotatable bonds is 9. The van der Waals surface area contributed by atoms with E-state index in [0.29, 0.717) is 66.4 Å². The van der Waals surface area contributed by atoms with Crippen LogP contribution >= 0.6 is 0 Å². The summed E-state index contributed by atoms with van der Waals surface area (Å²) in [4.78, 5) is 55.5. The fourth-order valence-corrected chi connectivity index (χ4v) is 8.96. The van der Waals surface area contributed by atoms with Gasteiger partial charge in [-0.1, -0.05) is 6.07 Å². The standard InChI is InChI=1S/C39H49N11O4/c1-37(8-9-37)46-33-32-29(7-14-47(2)35(32)53)43-36(45-33)42-26-22-41-50(23-26)27-19-38(20-27)10-15-48(16-11-38)24-39(54)12-17-49(18-13-39)30-5-3-25(21-40-30)28-4-6-31(51)44-34(28)52/h3,5,7,14,21-23,27-28,54H,4,6,8-13,15-20,24H2,1-2H3,(H,44,51,52)(H2,42,43,45,46). The van der Waals surface area contributed by atoms with Crippen LogP contribution in [0.5, 0.6) is 0 Å². The maximum absolute atomic E-state index is 13.0. The Morgan fingerprint density at radius 3 is 2.44 bits per heavy atom. The SMILES string of the molecule is Cn1ccc2nc(Nc3cnn(C4CC5(CCN(CC6(O)CCN(c7ccc(C8CCC(=O)NC8=O)cn7)CC6)CC5)C4)c3)nc(NC3(C)CC3)c2c1=O. The molecular weight excluding hydrogens is 687 g/mol. The second-order valence-corrected chi connectivity index (χ2v) is 16.9. The molecule has 2 saturated carbocycles. The highest BCUT2D eigenvalue weighted by atomic mass is 16.3. The summed E-state index contributed by atoms with van der Waals surface area (Å²) in [5, 5.41) is 26.0. The molecule has 4 aromatic rings. The molecule has 15 nitrogen and oxygen atoms in total. The van der Waals surface area contributed by atoms with Crippen LogP contribution in [-0.2, 0) is 16.6 Å². The van der Waals surface area contributed by atoms with Crippen molar-refractivity contribution in [2.75, 3.05) is 48.3 Å². The number of imide groups is 1. The van der Waals surface area contributed by atoms with Crippen LogP contribution in [-0.4, -0.2) is 95.0 Å². The molecule has 0 radical (unpaired) electrons. The summed E-state index contributed by atoms with van der Waals surface area (Å²) in [7, 11) is 1.74. The Bertz CT molecular complexity index is 2140. The number of nitrogens with zero attached hydrogens (tertiary/aromatic N) is 8. The van der Waals surface area contributed by atoms with Gasteiger partial charge < -0.3 is 30.1 Å².